The first-order chi connectivity index (χ1) is 7.60. The van der Waals surface area contributed by atoms with Gasteiger partial charge in [0.05, 0.1) is 19.2 Å². The molecule has 0 aliphatic rings. The Kier molecular flexibility index (Phi) is 3.97. The van der Waals surface area contributed by atoms with E-state index in [0.717, 1.165) is 16.7 Å². The second-order valence-corrected chi connectivity index (χ2v) is 3.48. The number of benzene rings is 1. The van der Waals surface area contributed by atoms with Crippen LogP contribution in [0.3, 0.4) is 0 Å². The minimum absolute atomic E-state index is 0.237. The van der Waals surface area contributed by atoms with E-state index < -0.39 is 0 Å². The fourth-order valence-electron chi connectivity index (χ4n) is 1.45. The summed E-state index contributed by atoms with van der Waals surface area (Å²) in [6, 6.07) is 3.45. The van der Waals surface area contributed by atoms with E-state index in [1.165, 1.54) is 13.2 Å². The molecule has 0 radical (unpaired) electrons. The summed E-state index contributed by atoms with van der Waals surface area (Å²) in [6.07, 6.45) is 1.48. The maximum absolute atomic E-state index is 11.4. The topological polar surface area (TPSA) is 55.7 Å². The number of nitrogens with zero attached hydrogens (tertiary/aromatic N) is 1. The molecule has 16 heavy (non-hydrogen) atoms. The fraction of sp³-hybridized carbons (Fsp3) is 0.333. The lowest BCUT2D eigenvalue weighted by atomic mass is 9.99. The average Bonchev–Trinajstić information content (AvgIpc) is 2.29. The van der Waals surface area contributed by atoms with Crippen molar-refractivity contribution >= 4 is 12.0 Å². The monoisotopic (exact) mass is 219 g/mol. The van der Waals surface area contributed by atoms with Gasteiger partial charge in [-0.3, -0.25) is 0 Å². The van der Waals surface area contributed by atoms with Crippen LogP contribution in [0.25, 0.3) is 0 Å². The maximum Gasteiger partial charge on any atom is 0.337 e. The van der Waals surface area contributed by atoms with Crippen molar-refractivity contribution in [1.82, 2.24) is 0 Å². The number of hydrogen-bond donors (Lipinski definition) is 0. The van der Waals surface area contributed by atoms with Crippen LogP contribution in [0.15, 0.2) is 17.1 Å². The van der Waals surface area contributed by atoms with Gasteiger partial charge in [0.1, 0.15) is 0 Å². The molecule has 0 N–H and O–H groups in total. The summed E-state index contributed by atoms with van der Waals surface area (Å²) in [4.78, 5) is 25.0. The fourth-order valence-corrected chi connectivity index (χ4v) is 1.45. The summed E-state index contributed by atoms with van der Waals surface area (Å²) in [5.74, 6) is -0.389. The van der Waals surface area contributed by atoms with Gasteiger partial charge in [-0.15, -0.1) is 0 Å². The van der Waals surface area contributed by atoms with Crippen molar-refractivity contribution in [2.24, 2.45) is 4.99 Å². The molecule has 0 saturated heterocycles. The third kappa shape index (κ3) is 2.55. The van der Waals surface area contributed by atoms with E-state index in [4.69, 9.17) is 0 Å². The molecule has 0 unspecified atom stereocenters. The molecule has 0 heterocycles. The molecule has 4 heteroatoms. The van der Waals surface area contributed by atoms with Gasteiger partial charge in [-0.25, -0.2) is 14.6 Å². The van der Waals surface area contributed by atoms with Crippen LogP contribution in [0, 0.1) is 13.8 Å². The van der Waals surface area contributed by atoms with Gasteiger partial charge in [0.25, 0.3) is 0 Å². The third-order valence-electron chi connectivity index (χ3n) is 2.51. The van der Waals surface area contributed by atoms with Gasteiger partial charge < -0.3 is 4.74 Å². The number of methoxy groups -OCH3 is 1. The van der Waals surface area contributed by atoms with Gasteiger partial charge in [0, 0.05) is 0 Å². The van der Waals surface area contributed by atoms with Crippen molar-refractivity contribution in [3.05, 3.63) is 34.4 Å². The number of rotatable bonds is 3. The van der Waals surface area contributed by atoms with Crippen molar-refractivity contribution in [3.8, 4) is 0 Å². The van der Waals surface area contributed by atoms with Gasteiger partial charge >= 0.3 is 5.97 Å². The molecule has 84 valence electrons. The van der Waals surface area contributed by atoms with E-state index in [1.54, 1.807) is 12.1 Å². The van der Waals surface area contributed by atoms with E-state index in [2.05, 4.69) is 9.73 Å². The molecule has 0 aliphatic heterocycles. The summed E-state index contributed by atoms with van der Waals surface area (Å²) >= 11 is 0. The van der Waals surface area contributed by atoms with Gasteiger partial charge in [0.2, 0.25) is 6.08 Å². The van der Waals surface area contributed by atoms with Crippen LogP contribution in [0.5, 0.6) is 0 Å². The number of aliphatic imine (C=N–C) groups is 1. The van der Waals surface area contributed by atoms with Gasteiger partial charge in [-0.2, -0.15) is 0 Å². The summed E-state index contributed by atoms with van der Waals surface area (Å²) < 4.78 is 4.64. The van der Waals surface area contributed by atoms with Crippen LogP contribution in [0.1, 0.15) is 27.0 Å². The Bertz CT molecular complexity index is 460. The highest BCUT2D eigenvalue weighted by atomic mass is 16.5. The molecule has 0 aliphatic carbocycles. The molecule has 0 fully saturated rings. The number of esters is 1. The molecule has 0 saturated carbocycles. The highest BCUT2D eigenvalue weighted by molar-refractivity contribution is 5.90. The van der Waals surface area contributed by atoms with Crippen LogP contribution in [-0.2, 0) is 16.1 Å². The molecule has 1 aromatic carbocycles. The predicted octanol–water partition coefficient (Wildman–Crippen LogP) is 1.93. The molecule has 0 bridgehead atoms. The standard InChI is InChI=1S/C12H13NO3/c1-8-4-10(12(15)16-3)5-11(9(8)2)6-13-7-14/h4-5H,6H2,1-3H3. The average molecular weight is 219 g/mol. The van der Waals surface area contributed by atoms with Crippen molar-refractivity contribution in [1.29, 1.82) is 0 Å². The minimum atomic E-state index is -0.389. The van der Waals surface area contributed by atoms with Gasteiger partial charge in [0.15, 0.2) is 0 Å². The maximum atomic E-state index is 11.4. The van der Waals surface area contributed by atoms with Crippen molar-refractivity contribution < 1.29 is 14.3 Å². The smallest absolute Gasteiger partial charge is 0.337 e. The zero-order chi connectivity index (χ0) is 12.1. The van der Waals surface area contributed by atoms with E-state index in [9.17, 15) is 9.59 Å². The molecule has 0 amide bonds. The molecule has 0 aromatic heterocycles. The van der Waals surface area contributed by atoms with Gasteiger partial charge in [-0.1, -0.05) is 0 Å². The Labute approximate surface area is 94.0 Å². The lowest BCUT2D eigenvalue weighted by Crippen LogP contribution is -2.04. The molecule has 4 nitrogen and oxygen atoms in total. The molecule has 1 aromatic rings. The summed E-state index contributed by atoms with van der Waals surface area (Å²) in [6.45, 7) is 4.06. The normalized spacial score (nSPS) is 9.44. The predicted molar refractivity (Wildman–Crippen MR) is 59.1 cm³/mol. The van der Waals surface area contributed by atoms with E-state index >= 15 is 0 Å². The lowest BCUT2D eigenvalue weighted by Gasteiger charge is -2.08. The van der Waals surface area contributed by atoms with Crippen LogP contribution < -0.4 is 0 Å². The highest BCUT2D eigenvalue weighted by Gasteiger charge is 2.10. The molecule has 0 atom stereocenters. The molecule has 1 rings (SSSR count). The summed E-state index contributed by atoms with van der Waals surface area (Å²) in [5, 5.41) is 0. The van der Waals surface area contributed by atoms with Crippen LogP contribution in [-0.4, -0.2) is 19.2 Å². The number of isocyanates is 1. The second-order valence-electron chi connectivity index (χ2n) is 3.48. The Morgan fingerprint density at radius 2 is 2.12 bits per heavy atom. The Balaban J connectivity index is 3.21. The third-order valence-corrected chi connectivity index (χ3v) is 2.51. The SMILES string of the molecule is COC(=O)c1cc(C)c(C)c(CN=C=O)c1. The molecular formula is C12H13NO3. The van der Waals surface area contributed by atoms with Crippen molar-refractivity contribution in [2.75, 3.05) is 7.11 Å². The van der Waals surface area contributed by atoms with Gasteiger partial charge in [-0.05, 0) is 42.7 Å². The second kappa shape index (κ2) is 5.24. The minimum Gasteiger partial charge on any atom is -0.465 e. The van der Waals surface area contributed by atoms with Crippen LogP contribution in [0.4, 0.5) is 0 Å². The number of hydrogen-bond acceptors (Lipinski definition) is 4. The number of carbonyl (C=O) groups excluding carboxylic acids is 2. The first-order valence-electron chi connectivity index (χ1n) is 4.82. The zero-order valence-electron chi connectivity index (χ0n) is 9.53. The van der Waals surface area contributed by atoms with Crippen LogP contribution >= 0.6 is 0 Å². The number of carbonyl (C=O) groups is 1. The lowest BCUT2D eigenvalue weighted by molar-refractivity contribution is 0.0600. The number of ether oxygens (including phenoxy) is 1. The number of aryl methyl sites for hydroxylation is 1. The highest BCUT2D eigenvalue weighted by Crippen LogP contribution is 2.17. The largest absolute Gasteiger partial charge is 0.465 e. The van der Waals surface area contributed by atoms with E-state index in [0.29, 0.717) is 5.56 Å². The first-order valence-corrected chi connectivity index (χ1v) is 4.82. The zero-order valence-corrected chi connectivity index (χ0v) is 9.53. The van der Waals surface area contributed by atoms with E-state index in [-0.39, 0.29) is 12.5 Å². The summed E-state index contributed by atoms with van der Waals surface area (Å²) in [5.41, 5.74) is 3.30. The van der Waals surface area contributed by atoms with Crippen molar-refractivity contribution in [2.45, 2.75) is 20.4 Å². The quantitative estimate of drug-likeness (QED) is 0.443. The first kappa shape index (κ1) is 12.1. The van der Waals surface area contributed by atoms with Crippen molar-refractivity contribution in [3.63, 3.8) is 0 Å². The Morgan fingerprint density at radius 3 is 2.69 bits per heavy atom. The molecular weight excluding hydrogens is 206 g/mol. The Hall–Kier alpha value is -1.93. The van der Waals surface area contributed by atoms with Crippen LogP contribution in [0.2, 0.25) is 0 Å². The summed E-state index contributed by atoms with van der Waals surface area (Å²) in [7, 11) is 1.33. The van der Waals surface area contributed by atoms with E-state index in [1.807, 2.05) is 13.8 Å². The molecule has 0 spiro atoms. The Morgan fingerprint density at radius 1 is 1.44 bits per heavy atom.